The van der Waals surface area contributed by atoms with Gasteiger partial charge in [0.15, 0.2) is 0 Å². The van der Waals surface area contributed by atoms with Gasteiger partial charge in [-0.25, -0.2) is 9.59 Å². The van der Waals surface area contributed by atoms with Crippen LogP contribution in [0.3, 0.4) is 0 Å². The smallest absolute Gasteiger partial charge is 0.410 e. The van der Waals surface area contributed by atoms with Crippen LogP contribution in [-0.2, 0) is 20.8 Å². The van der Waals surface area contributed by atoms with Crippen molar-refractivity contribution in [1.82, 2.24) is 14.7 Å². The first kappa shape index (κ1) is 29.7. The Morgan fingerprint density at radius 3 is 2.10 bits per heavy atom. The van der Waals surface area contributed by atoms with E-state index in [1.165, 1.54) is 12.8 Å². The monoisotopic (exact) mass is 543 g/mol. The zero-order valence-electron chi connectivity index (χ0n) is 24.7. The SMILES string of the molecule is CC(C)(C)OC(=O)N1CCC(OC2CCC(CN3CCN(C(=O)OCc4ccccc4)CC3(C)C)CC2)CC1. The van der Waals surface area contributed by atoms with Crippen molar-refractivity contribution in [3.05, 3.63) is 35.9 Å². The summed E-state index contributed by atoms with van der Waals surface area (Å²) in [6.07, 6.45) is 6.44. The van der Waals surface area contributed by atoms with Crippen LogP contribution >= 0.6 is 0 Å². The molecule has 39 heavy (non-hydrogen) atoms. The van der Waals surface area contributed by atoms with E-state index in [4.69, 9.17) is 14.2 Å². The van der Waals surface area contributed by atoms with Gasteiger partial charge in [0.1, 0.15) is 12.2 Å². The average molecular weight is 544 g/mol. The summed E-state index contributed by atoms with van der Waals surface area (Å²) in [5.74, 6) is 0.662. The molecule has 3 fully saturated rings. The minimum absolute atomic E-state index is 0.0839. The normalized spacial score (nSPS) is 24.8. The summed E-state index contributed by atoms with van der Waals surface area (Å²) >= 11 is 0. The van der Waals surface area contributed by atoms with Gasteiger partial charge in [0.05, 0.1) is 12.2 Å². The number of amides is 2. The Balaban J connectivity index is 1.14. The van der Waals surface area contributed by atoms with Gasteiger partial charge in [-0.15, -0.1) is 0 Å². The fraction of sp³-hybridized carbons (Fsp3) is 0.742. The van der Waals surface area contributed by atoms with Crippen molar-refractivity contribution in [3.8, 4) is 0 Å². The van der Waals surface area contributed by atoms with E-state index in [-0.39, 0.29) is 23.8 Å². The van der Waals surface area contributed by atoms with Crippen LogP contribution < -0.4 is 0 Å². The van der Waals surface area contributed by atoms with Gasteiger partial charge < -0.3 is 24.0 Å². The Morgan fingerprint density at radius 1 is 0.846 bits per heavy atom. The lowest BCUT2D eigenvalue weighted by Gasteiger charge is -2.48. The first-order chi connectivity index (χ1) is 18.5. The molecule has 0 bridgehead atoms. The van der Waals surface area contributed by atoms with Crippen molar-refractivity contribution in [3.63, 3.8) is 0 Å². The average Bonchev–Trinajstić information content (AvgIpc) is 2.89. The van der Waals surface area contributed by atoms with Crippen LogP contribution in [0.5, 0.6) is 0 Å². The van der Waals surface area contributed by atoms with E-state index in [2.05, 4.69) is 18.7 Å². The third kappa shape index (κ3) is 8.84. The topological polar surface area (TPSA) is 71.5 Å². The van der Waals surface area contributed by atoms with Gasteiger partial charge in [-0.3, -0.25) is 4.90 Å². The van der Waals surface area contributed by atoms with Crippen molar-refractivity contribution in [1.29, 1.82) is 0 Å². The molecular weight excluding hydrogens is 494 g/mol. The van der Waals surface area contributed by atoms with Gasteiger partial charge in [-0.05, 0) is 84.6 Å². The summed E-state index contributed by atoms with van der Waals surface area (Å²) in [6.45, 7) is 15.2. The highest BCUT2D eigenvalue weighted by atomic mass is 16.6. The maximum atomic E-state index is 12.7. The van der Waals surface area contributed by atoms with Gasteiger partial charge in [-0.2, -0.15) is 0 Å². The van der Waals surface area contributed by atoms with E-state index in [0.717, 1.165) is 44.3 Å². The summed E-state index contributed by atoms with van der Waals surface area (Å²) in [5.41, 5.74) is 0.467. The van der Waals surface area contributed by atoms with E-state index < -0.39 is 5.60 Å². The quantitative estimate of drug-likeness (QED) is 0.459. The first-order valence-corrected chi connectivity index (χ1v) is 14.8. The van der Waals surface area contributed by atoms with E-state index in [9.17, 15) is 9.59 Å². The number of likely N-dealkylation sites (tertiary alicyclic amines) is 1. The molecule has 0 N–H and O–H groups in total. The Bertz CT molecular complexity index is 931. The van der Waals surface area contributed by atoms with E-state index >= 15 is 0 Å². The molecule has 1 saturated carbocycles. The summed E-state index contributed by atoms with van der Waals surface area (Å²) < 4.78 is 17.6. The second-order valence-electron chi connectivity index (χ2n) is 13.2. The fourth-order valence-corrected chi connectivity index (χ4v) is 6.03. The highest BCUT2D eigenvalue weighted by molar-refractivity contribution is 5.68. The van der Waals surface area contributed by atoms with Crippen LogP contribution in [0.25, 0.3) is 0 Å². The third-order valence-corrected chi connectivity index (χ3v) is 8.29. The number of rotatable bonds is 6. The predicted octanol–water partition coefficient (Wildman–Crippen LogP) is 5.69. The van der Waals surface area contributed by atoms with Crippen molar-refractivity contribution in [2.75, 3.05) is 39.3 Å². The molecule has 8 nitrogen and oxygen atoms in total. The van der Waals surface area contributed by atoms with Crippen LogP contribution in [0.2, 0.25) is 0 Å². The Morgan fingerprint density at radius 2 is 1.49 bits per heavy atom. The van der Waals surface area contributed by atoms with Gasteiger partial charge >= 0.3 is 12.2 Å². The second-order valence-corrected chi connectivity index (χ2v) is 13.2. The van der Waals surface area contributed by atoms with E-state index in [1.54, 1.807) is 0 Å². The Labute approximate surface area is 234 Å². The zero-order chi connectivity index (χ0) is 28.0. The summed E-state index contributed by atoms with van der Waals surface area (Å²) in [7, 11) is 0. The number of ether oxygens (including phenoxy) is 3. The number of piperidine rings is 1. The molecule has 0 unspecified atom stereocenters. The predicted molar refractivity (Wildman–Crippen MR) is 152 cm³/mol. The molecule has 8 heteroatoms. The summed E-state index contributed by atoms with van der Waals surface area (Å²) in [4.78, 5) is 31.3. The third-order valence-electron chi connectivity index (χ3n) is 8.29. The standard InChI is InChI=1S/C31H49N3O5/c1-30(2,3)39-29(36)32-17-15-27(16-18-32)38-26-13-11-24(12-14-26)21-34-20-19-33(23-31(34,4)5)28(35)37-22-25-9-7-6-8-10-25/h6-10,24,26-27H,11-23H2,1-5H3. The van der Waals surface area contributed by atoms with Crippen LogP contribution in [0.15, 0.2) is 30.3 Å². The molecule has 2 amide bonds. The molecule has 1 aromatic rings. The number of carbonyl (C=O) groups excluding carboxylic acids is 2. The lowest BCUT2D eigenvalue weighted by atomic mass is 9.85. The lowest BCUT2D eigenvalue weighted by Crippen LogP contribution is -2.61. The first-order valence-electron chi connectivity index (χ1n) is 14.8. The minimum atomic E-state index is -0.458. The van der Waals surface area contributed by atoms with Crippen LogP contribution in [0.1, 0.15) is 78.7 Å². The Kier molecular flexibility index (Phi) is 9.81. The molecule has 218 valence electrons. The van der Waals surface area contributed by atoms with Gasteiger partial charge in [0, 0.05) is 44.8 Å². The molecule has 1 aromatic carbocycles. The lowest BCUT2D eigenvalue weighted by molar-refractivity contribution is -0.0667. The zero-order valence-corrected chi connectivity index (χ0v) is 24.7. The van der Waals surface area contributed by atoms with Crippen molar-refractivity contribution >= 4 is 12.2 Å². The minimum Gasteiger partial charge on any atom is -0.445 e. The molecule has 1 aliphatic carbocycles. The molecule has 2 aliphatic heterocycles. The molecule has 2 heterocycles. The molecule has 2 saturated heterocycles. The highest BCUT2D eigenvalue weighted by Crippen LogP contribution is 2.32. The fourth-order valence-electron chi connectivity index (χ4n) is 6.03. The number of benzene rings is 1. The van der Waals surface area contributed by atoms with Gasteiger partial charge in [-0.1, -0.05) is 30.3 Å². The van der Waals surface area contributed by atoms with Gasteiger partial charge in [0.2, 0.25) is 0 Å². The van der Waals surface area contributed by atoms with Crippen molar-refractivity contribution in [2.24, 2.45) is 5.92 Å². The van der Waals surface area contributed by atoms with Crippen LogP contribution in [-0.4, -0.2) is 89.5 Å². The van der Waals surface area contributed by atoms with E-state index in [1.807, 2.05) is 60.9 Å². The molecular formula is C31H49N3O5. The largest absolute Gasteiger partial charge is 0.445 e. The van der Waals surface area contributed by atoms with Gasteiger partial charge in [0.25, 0.3) is 0 Å². The maximum Gasteiger partial charge on any atom is 0.410 e. The number of piperazine rings is 1. The highest BCUT2D eigenvalue weighted by Gasteiger charge is 2.38. The van der Waals surface area contributed by atoms with Crippen LogP contribution in [0, 0.1) is 5.92 Å². The molecule has 0 aromatic heterocycles. The summed E-state index contributed by atoms with van der Waals surface area (Å²) in [6, 6.07) is 9.84. The molecule has 4 rings (SSSR count). The molecule has 0 spiro atoms. The number of carbonyl (C=O) groups is 2. The second kappa shape index (κ2) is 12.9. The van der Waals surface area contributed by atoms with E-state index in [0.29, 0.717) is 44.8 Å². The number of hydrogen-bond donors (Lipinski definition) is 0. The summed E-state index contributed by atoms with van der Waals surface area (Å²) in [5, 5.41) is 0. The maximum absolute atomic E-state index is 12.7. The molecule has 3 aliphatic rings. The van der Waals surface area contributed by atoms with Crippen molar-refractivity contribution in [2.45, 2.75) is 103 Å². The molecule has 0 atom stereocenters. The Hall–Kier alpha value is -2.32. The number of hydrogen-bond acceptors (Lipinski definition) is 6. The number of nitrogens with zero attached hydrogens (tertiary/aromatic N) is 3. The van der Waals surface area contributed by atoms with Crippen LogP contribution in [0.4, 0.5) is 9.59 Å². The van der Waals surface area contributed by atoms with Crippen molar-refractivity contribution < 1.29 is 23.8 Å². The molecule has 0 radical (unpaired) electrons.